The van der Waals surface area contributed by atoms with Gasteiger partial charge in [0.2, 0.25) is 0 Å². The van der Waals surface area contributed by atoms with Gasteiger partial charge in [0.25, 0.3) is 11.3 Å². The first-order chi connectivity index (χ1) is 14.1. The van der Waals surface area contributed by atoms with E-state index in [1.807, 2.05) is 36.4 Å². The number of rotatable bonds is 3. The van der Waals surface area contributed by atoms with Crippen LogP contribution in [0.15, 0.2) is 59.7 Å². The van der Waals surface area contributed by atoms with Gasteiger partial charge in [-0.1, -0.05) is 48.5 Å². The van der Waals surface area contributed by atoms with Gasteiger partial charge in [-0.05, 0) is 29.2 Å². The van der Waals surface area contributed by atoms with Crippen molar-refractivity contribution >= 4 is 17.6 Å². The van der Waals surface area contributed by atoms with E-state index in [1.54, 1.807) is 6.92 Å². The predicted molar refractivity (Wildman–Crippen MR) is 107 cm³/mol. The lowest BCUT2D eigenvalue weighted by Crippen LogP contribution is -2.26. The monoisotopic (exact) mass is 387 g/mol. The van der Waals surface area contributed by atoms with Gasteiger partial charge in [0.05, 0.1) is 5.69 Å². The summed E-state index contributed by atoms with van der Waals surface area (Å²) in [5, 5.41) is 5.19. The summed E-state index contributed by atoms with van der Waals surface area (Å²) < 4.78 is 6.65. The smallest absolute Gasteiger partial charge is 0.411 e. The number of ether oxygens (including phenoxy) is 1. The van der Waals surface area contributed by atoms with Gasteiger partial charge < -0.3 is 4.74 Å². The van der Waals surface area contributed by atoms with E-state index in [9.17, 15) is 9.59 Å². The molecule has 2 aromatic carbocycles. The van der Waals surface area contributed by atoms with Crippen LogP contribution in [0.1, 0.15) is 22.7 Å². The average Bonchev–Trinajstić information content (AvgIpc) is 3.32. The number of hydrogen-bond donors (Lipinski definition) is 2. The Labute approximate surface area is 165 Å². The Morgan fingerprint density at radius 1 is 1.14 bits per heavy atom. The average molecular weight is 387 g/mol. The summed E-state index contributed by atoms with van der Waals surface area (Å²) in [6.45, 7) is 1.80. The fourth-order valence-corrected chi connectivity index (χ4v) is 3.84. The highest BCUT2D eigenvalue weighted by atomic mass is 16.5. The van der Waals surface area contributed by atoms with Gasteiger partial charge in [0, 0.05) is 5.92 Å². The number of aryl methyl sites for hydroxylation is 1. The number of carbonyl (C=O) groups is 1. The number of aromatic amines is 1. The van der Waals surface area contributed by atoms with Gasteiger partial charge in [0.1, 0.15) is 18.6 Å². The molecule has 2 heterocycles. The third kappa shape index (κ3) is 2.77. The van der Waals surface area contributed by atoms with Crippen molar-refractivity contribution in [2.24, 2.45) is 0 Å². The molecule has 0 radical (unpaired) electrons. The first kappa shape index (κ1) is 17.2. The van der Waals surface area contributed by atoms with Crippen LogP contribution in [0.4, 0.5) is 10.5 Å². The maximum absolute atomic E-state index is 12.5. The van der Waals surface area contributed by atoms with Crippen LogP contribution in [-0.2, 0) is 4.74 Å². The number of fused-ring (bicyclic) bond motifs is 4. The Hall–Kier alpha value is -3.94. The van der Waals surface area contributed by atoms with Gasteiger partial charge in [-0.15, -0.1) is 0 Å². The quantitative estimate of drug-likeness (QED) is 0.563. The first-order valence-electron chi connectivity index (χ1n) is 9.18. The van der Waals surface area contributed by atoms with Gasteiger partial charge in [-0.3, -0.25) is 15.2 Å². The zero-order chi connectivity index (χ0) is 20.0. The number of H-pyrrole nitrogens is 1. The highest BCUT2D eigenvalue weighted by Crippen LogP contribution is 2.44. The highest BCUT2D eigenvalue weighted by Gasteiger charge is 2.29. The summed E-state index contributed by atoms with van der Waals surface area (Å²) in [5.41, 5.74) is 4.54. The molecule has 0 spiro atoms. The number of benzene rings is 2. The lowest BCUT2D eigenvalue weighted by Gasteiger charge is -2.14. The summed E-state index contributed by atoms with van der Waals surface area (Å²) >= 11 is 0. The van der Waals surface area contributed by atoms with E-state index in [-0.39, 0.29) is 24.0 Å². The molecule has 29 heavy (non-hydrogen) atoms. The molecule has 2 aromatic heterocycles. The first-order valence-corrected chi connectivity index (χ1v) is 9.18. The lowest BCUT2D eigenvalue weighted by molar-refractivity contribution is 0.158. The summed E-state index contributed by atoms with van der Waals surface area (Å²) in [7, 11) is 0. The highest BCUT2D eigenvalue weighted by molar-refractivity contribution is 5.85. The molecule has 0 fully saturated rings. The van der Waals surface area contributed by atoms with Crippen molar-refractivity contribution < 1.29 is 9.53 Å². The molecule has 1 amide bonds. The van der Waals surface area contributed by atoms with Crippen molar-refractivity contribution in [3.63, 3.8) is 0 Å². The third-order valence-electron chi connectivity index (χ3n) is 5.18. The Kier molecular flexibility index (Phi) is 3.90. The lowest BCUT2D eigenvalue weighted by atomic mass is 9.98. The van der Waals surface area contributed by atoms with Crippen molar-refractivity contribution in [2.75, 3.05) is 11.9 Å². The minimum atomic E-state index is -0.701. The topological polar surface area (TPSA) is 101 Å². The molecule has 0 atom stereocenters. The molecule has 4 aromatic rings. The largest absolute Gasteiger partial charge is 0.448 e. The number of aromatic nitrogens is 4. The Balaban J connectivity index is 1.37. The van der Waals surface area contributed by atoms with Crippen LogP contribution in [0.2, 0.25) is 0 Å². The van der Waals surface area contributed by atoms with Crippen LogP contribution in [0, 0.1) is 6.92 Å². The molecular formula is C21H17N5O3. The summed E-state index contributed by atoms with van der Waals surface area (Å²) in [6, 6.07) is 16.2. The van der Waals surface area contributed by atoms with Crippen LogP contribution >= 0.6 is 0 Å². The van der Waals surface area contributed by atoms with Crippen LogP contribution in [-0.4, -0.2) is 32.3 Å². The summed E-state index contributed by atoms with van der Waals surface area (Å²) in [5.74, 6) is 0.189. The van der Waals surface area contributed by atoms with E-state index in [1.165, 1.54) is 6.33 Å². The normalized spacial score (nSPS) is 12.6. The Bertz CT molecular complexity index is 1260. The Morgan fingerprint density at radius 2 is 1.79 bits per heavy atom. The van der Waals surface area contributed by atoms with E-state index in [2.05, 4.69) is 32.5 Å². The SMILES string of the molecule is Cc1nc2nc[nH]n2c(=O)c1NC(=O)OCC1c2ccccc2-c2ccccc21. The second kappa shape index (κ2) is 6.59. The molecule has 2 N–H and O–H groups in total. The Morgan fingerprint density at radius 3 is 2.48 bits per heavy atom. The van der Waals surface area contributed by atoms with Crippen molar-refractivity contribution in [1.29, 1.82) is 0 Å². The third-order valence-corrected chi connectivity index (χ3v) is 5.18. The van der Waals surface area contributed by atoms with E-state index < -0.39 is 11.7 Å². The predicted octanol–water partition coefficient (Wildman–Crippen LogP) is 3.09. The molecule has 144 valence electrons. The standard InChI is InChI=1S/C21H17N5O3/c1-12-18(19(27)26-20(24-12)22-11-23-26)25-21(28)29-10-17-15-8-4-2-6-13(15)14-7-3-5-9-16(14)17/h2-9,11,17H,10H2,1H3,(H,25,28)(H,22,23,24). The number of carbonyl (C=O) groups excluding carboxylic acids is 1. The molecule has 1 aliphatic carbocycles. The minimum Gasteiger partial charge on any atom is -0.448 e. The van der Waals surface area contributed by atoms with Gasteiger partial charge >= 0.3 is 6.09 Å². The van der Waals surface area contributed by atoms with Gasteiger partial charge in [-0.2, -0.15) is 4.52 Å². The fraction of sp³-hybridized carbons (Fsp3) is 0.143. The molecule has 5 rings (SSSR count). The number of nitrogens with one attached hydrogen (secondary N) is 2. The van der Waals surface area contributed by atoms with Crippen LogP contribution in [0.3, 0.4) is 0 Å². The second-order valence-electron chi connectivity index (χ2n) is 6.85. The fourth-order valence-electron chi connectivity index (χ4n) is 3.84. The van der Waals surface area contributed by atoms with E-state index in [0.717, 1.165) is 26.8 Å². The summed E-state index contributed by atoms with van der Waals surface area (Å²) in [4.78, 5) is 33.1. The number of amides is 1. The van der Waals surface area contributed by atoms with Crippen molar-refractivity contribution in [3.8, 4) is 11.1 Å². The van der Waals surface area contributed by atoms with E-state index in [4.69, 9.17) is 4.74 Å². The number of hydrogen-bond acceptors (Lipinski definition) is 5. The number of nitrogens with zero attached hydrogens (tertiary/aromatic N) is 3. The molecule has 0 aliphatic heterocycles. The molecule has 0 saturated heterocycles. The zero-order valence-electron chi connectivity index (χ0n) is 15.5. The number of anilines is 1. The molecule has 0 unspecified atom stereocenters. The van der Waals surface area contributed by atoms with Crippen LogP contribution < -0.4 is 10.9 Å². The molecule has 0 bridgehead atoms. The molecule has 1 aliphatic rings. The van der Waals surface area contributed by atoms with Crippen LogP contribution in [0.25, 0.3) is 16.9 Å². The summed E-state index contributed by atoms with van der Waals surface area (Å²) in [6.07, 6.45) is 0.661. The molecule has 8 nitrogen and oxygen atoms in total. The maximum atomic E-state index is 12.5. The van der Waals surface area contributed by atoms with Gasteiger partial charge in [-0.25, -0.2) is 14.8 Å². The van der Waals surface area contributed by atoms with Gasteiger partial charge in [0.15, 0.2) is 0 Å². The second-order valence-corrected chi connectivity index (χ2v) is 6.85. The van der Waals surface area contributed by atoms with Crippen molar-refractivity contribution in [2.45, 2.75) is 12.8 Å². The van der Waals surface area contributed by atoms with Crippen molar-refractivity contribution in [1.82, 2.24) is 19.6 Å². The minimum absolute atomic E-state index is 0.0523. The van der Waals surface area contributed by atoms with Crippen LogP contribution in [0.5, 0.6) is 0 Å². The van der Waals surface area contributed by atoms with Crippen molar-refractivity contribution in [3.05, 3.63) is 82.0 Å². The molecule has 0 saturated carbocycles. The maximum Gasteiger partial charge on any atom is 0.411 e. The molecular weight excluding hydrogens is 370 g/mol. The van der Waals surface area contributed by atoms with E-state index >= 15 is 0 Å². The molecule has 8 heteroatoms. The van der Waals surface area contributed by atoms with E-state index in [0.29, 0.717) is 5.69 Å². The zero-order valence-corrected chi connectivity index (χ0v) is 15.5.